The standard InChI is InChI=1S/C31H38FN5O5/c1-21(2)16-26-31(40)34-11-14-36-13-10-33-30(36)23-6-4-7-24(19-23)42-15-5-12-37(20-28(38)35-26)29(39)18-22-8-9-27(41-3)25(32)17-22/h4,6-10,13,17,19,21,26H,5,11-12,14-16,18,20H2,1-3H3,(H,34,40)(H,35,38)/t26-/m1/s1. The van der Waals surface area contributed by atoms with Gasteiger partial charge in [-0.2, -0.15) is 0 Å². The molecular weight excluding hydrogens is 541 g/mol. The van der Waals surface area contributed by atoms with E-state index in [2.05, 4.69) is 15.6 Å². The average Bonchev–Trinajstić information content (AvgIpc) is 3.42. The Morgan fingerprint density at radius 2 is 2.02 bits per heavy atom. The molecule has 2 heterocycles. The molecule has 0 fully saturated rings. The number of hydrogen-bond acceptors (Lipinski definition) is 6. The third-order valence-electron chi connectivity index (χ3n) is 6.92. The van der Waals surface area contributed by atoms with Gasteiger partial charge in [-0.05, 0) is 48.6 Å². The number of fused-ring (bicyclic) bond motifs is 4. The number of nitrogens with zero attached hydrogens (tertiary/aromatic N) is 3. The average molecular weight is 580 g/mol. The van der Waals surface area contributed by atoms with Gasteiger partial charge in [-0.15, -0.1) is 0 Å². The van der Waals surface area contributed by atoms with Crippen LogP contribution in [-0.4, -0.2) is 71.6 Å². The molecule has 3 amide bonds. The SMILES string of the molecule is COc1ccc(CC(=O)N2CCCOc3cccc(c3)-c3nccn3CCNC(=O)[C@@H](CC(C)C)NC(=O)C2)cc1F. The van der Waals surface area contributed by atoms with Gasteiger partial charge in [0.2, 0.25) is 17.7 Å². The lowest BCUT2D eigenvalue weighted by molar-refractivity contribution is -0.136. The quantitative estimate of drug-likeness (QED) is 0.480. The van der Waals surface area contributed by atoms with Gasteiger partial charge in [0.15, 0.2) is 11.6 Å². The van der Waals surface area contributed by atoms with Crippen molar-refractivity contribution < 1.29 is 28.2 Å². The fourth-order valence-electron chi connectivity index (χ4n) is 4.86. The van der Waals surface area contributed by atoms with E-state index in [1.54, 1.807) is 12.3 Å². The van der Waals surface area contributed by atoms with E-state index in [4.69, 9.17) is 9.47 Å². The fourth-order valence-corrected chi connectivity index (χ4v) is 4.86. The van der Waals surface area contributed by atoms with Gasteiger partial charge in [-0.25, -0.2) is 9.37 Å². The van der Waals surface area contributed by atoms with Crippen LogP contribution >= 0.6 is 0 Å². The molecule has 0 aliphatic carbocycles. The second-order valence-electron chi connectivity index (χ2n) is 10.7. The lowest BCUT2D eigenvalue weighted by Gasteiger charge is -2.25. The Bertz CT molecular complexity index is 1390. The number of amides is 3. The Labute approximate surface area is 245 Å². The zero-order valence-electron chi connectivity index (χ0n) is 24.3. The molecule has 3 aromatic rings. The Kier molecular flexibility index (Phi) is 10.5. The van der Waals surface area contributed by atoms with Crippen LogP contribution in [0.1, 0.15) is 32.3 Å². The molecule has 4 rings (SSSR count). The van der Waals surface area contributed by atoms with E-state index in [9.17, 15) is 18.8 Å². The molecule has 0 saturated carbocycles. The van der Waals surface area contributed by atoms with Gasteiger partial charge in [0.05, 0.1) is 26.7 Å². The van der Waals surface area contributed by atoms with E-state index in [1.807, 2.05) is 48.9 Å². The Morgan fingerprint density at radius 3 is 2.79 bits per heavy atom. The first-order valence-corrected chi connectivity index (χ1v) is 14.1. The highest BCUT2D eigenvalue weighted by molar-refractivity contribution is 5.90. The Balaban J connectivity index is 1.55. The molecule has 0 spiro atoms. The monoisotopic (exact) mass is 579 g/mol. The highest BCUT2D eigenvalue weighted by Crippen LogP contribution is 2.23. The van der Waals surface area contributed by atoms with Gasteiger partial charge in [0.25, 0.3) is 0 Å². The maximum Gasteiger partial charge on any atom is 0.242 e. The summed E-state index contributed by atoms with van der Waals surface area (Å²) in [5.74, 6) is -0.0258. The van der Waals surface area contributed by atoms with E-state index in [1.165, 1.54) is 24.1 Å². The third kappa shape index (κ3) is 8.31. The number of aromatic nitrogens is 2. The highest BCUT2D eigenvalue weighted by Gasteiger charge is 2.25. The maximum atomic E-state index is 14.3. The van der Waals surface area contributed by atoms with Crippen LogP contribution < -0.4 is 20.1 Å². The molecule has 224 valence electrons. The van der Waals surface area contributed by atoms with Gasteiger partial charge in [0, 0.05) is 37.6 Å². The fraction of sp³-hybridized carbons (Fsp3) is 0.419. The minimum Gasteiger partial charge on any atom is -0.494 e. The lowest BCUT2D eigenvalue weighted by Crippen LogP contribution is -2.51. The van der Waals surface area contributed by atoms with E-state index >= 15 is 0 Å². The van der Waals surface area contributed by atoms with E-state index in [0.29, 0.717) is 43.9 Å². The largest absolute Gasteiger partial charge is 0.494 e. The minimum absolute atomic E-state index is 0.0850. The number of methoxy groups -OCH3 is 1. The van der Waals surface area contributed by atoms with Crippen LogP contribution in [-0.2, 0) is 27.3 Å². The second-order valence-corrected chi connectivity index (χ2v) is 10.7. The van der Waals surface area contributed by atoms with Gasteiger partial charge >= 0.3 is 0 Å². The van der Waals surface area contributed by atoms with Gasteiger partial charge < -0.3 is 29.6 Å². The number of hydrogen-bond donors (Lipinski definition) is 2. The molecule has 10 nitrogen and oxygen atoms in total. The number of imidazole rings is 1. The number of nitrogens with one attached hydrogen (secondary N) is 2. The molecule has 2 N–H and O–H groups in total. The van der Waals surface area contributed by atoms with Crippen LogP contribution in [0.3, 0.4) is 0 Å². The molecule has 1 atom stereocenters. The number of carbonyl (C=O) groups is 3. The summed E-state index contributed by atoms with van der Waals surface area (Å²) in [6.07, 6.45) is 4.35. The molecular formula is C31H38FN5O5. The minimum atomic E-state index is -0.758. The molecule has 0 unspecified atom stereocenters. The van der Waals surface area contributed by atoms with Gasteiger partial charge in [-0.3, -0.25) is 14.4 Å². The van der Waals surface area contributed by atoms with E-state index < -0.39 is 17.8 Å². The van der Waals surface area contributed by atoms with Crippen LogP contribution in [0, 0.1) is 11.7 Å². The predicted molar refractivity (Wildman–Crippen MR) is 155 cm³/mol. The van der Waals surface area contributed by atoms with E-state index in [0.717, 1.165) is 11.4 Å². The van der Waals surface area contributed by atoms with E-state index in [-0.39, 0.29) is 43.0 Å². The summed E-state index contributed by atoms with van der Waals surface area (Å²) in [4.78, 5) is 45.5. The highest BCUT2D eigenvalue weighted by atomic mass is 19.1. The summed E-state index contributed by atoms with van der Waals surface area (Å²) in [7, 11) is 1.37. The molecule has 1 aromatic heterocycles. The van der Waals surface area contributed by atoms with Crippen molar-refractivity contribution in [2.45, 2.75) is 45.7 Å². The zero-order valence-corrected chi connectivity index (χ0v) is 24.3. The van der Waals surface area contributed by atoms with Crippen LogP contribution in [0.5, 0.6) is 11.5 Å². The molecule has 1 aliphatic rings. The van der Waals surface area contributed by atoms with Gasteiger partial charge in [0.1, 0.15) is 17.6 Å². The van der Waals surface area contributed by atoms with Crippen molar-refractivity contribution in [3.05, 3.63) is 66.2 Å². The number of ether oxygens (including phenoxy) is 2. The number of halogens is 1. The molecule has 1 aliphatic heterocycles. The first-order chi connectivity index (χ1) is 20.2. The van der Waals surface area contributed by atoms with Crippen molar-refractivity contribution >= 4 is 17.7 Å². The first kappa shape index (κ1) is 30.5. The molecule has 0 radical (unpaired) electrons. The zero-order chi connectivity index (χ0) is 30.1. The molecule has 0 saturated heterocycles. The molecule has 2 aromatic carbocycles. The van der Waals surface area contributed by atoms with Crippen molar-refractivity contribution in [3.63, 3.8) is 0 Å². The van der Waals surface area contributed by atoms with Crippen LogP contribution in [0.4, 0.5) is 4.39 Å². The molecule has 11 heteroatoms. The molecule has 2 bridgehead atoms. The summed E-state index contributed by atoms with van der Waals surface area (Å²) in [6.45, 7) is 5.07. The smallest absolute Gasteiger partial charge is 0.242 e. The summed E-state index contributed by atoms with van der Waals surface area (Å²) in [5.41, 5.74) is 1.33. The van der Waals surface area contributed by atoms with Crippen molar-refractivity contribution in [2.75, 3.05) is 33.4 Å². The van der Waals surface area contributed by atoms with Crippen molar-refractivity contribution in [1.82, 2.24) is 25.1 Å². The Hall–Kier alpha value is -4.41. The van der Waals surface area contributed by atoms with Crippen LogP contribution in [0.15, 0.2) is 54.9 Å². The number of rotatable bonds is 5. The lowest BCUT2D eigenvalue weighted by atomic mass is 10.0. The summed E-state index contributed by atoms with van der Waals surface area (Å²) in [5, 5.41) is 5.75. The topological polar surface area (TPSA) is 115 Å². The number of benzene rings is 2. The van der Waals surface area contributed by atoms with Gasteiger partial charge in [-0.1, -0.05) is 32.0 Å². The predicted octanol–water partition coefficient (Wildman–Crippen LogP) is 3.20. The van der Waals surface area contributed by atoms with Crippen LogP contribution in [0.25, 0.3) is 11.4 Å². The number of carbonyl (C=O) groups excluding carboxylic acids is 3. The Morgan fingerprint density at radius 1 is 1.19 bits per heavy atom. The maximum absolute atomic E-state index is 14.3. The summed E-state index contributed by atoms with van der Waals surface area (Å²) >= 11 is 0. The van der Waals surface area contributed by atoms with Crippen molar-refractivity contribution in [2.24, 2.45) is 5.92 Å². The normalized spacial score (nSPS) is 16.9. The summed E-state index contributed by atoms with van der Waals surface area (Å²) < 4.78 is 27.2. The third-order valence-corrected chi connectivity index (χ3v) is 6.92. The first-order valence-electron chi connectivity index (χ1n) is 14.1. The second kappa shape index (κ2) is 14.5. The molecule has 42 heavy (non-hydrogen) atoms. The van der Waals surface area contributed by atoms with Crippen LogP contribution in [0.2, 0.25) is 0 Å². The van der Waals surface area contributed by atoms with Crippen molar-refractivity contribution in [3.8, 4) is 22.9 Å². The summed E-state index contributed by atoms with van der Waals surface area (Å²) in [6, 6.07) is 11.1. The van der Waals surface area contributed by atoms with Crippen molar-refractivity contribution in [1.29, 1.82) is 0 Å².